The predicted molar refractivity (Wildman–Crippen MR) is 96.7 cm³/mol. The van der Waals surface area contributed by atoms with E-state index in [1.165, 1.54) is 11.1 Å². The molecule has 0 saturated heterocycles. The van der Waals surface area contributed by atoms with E-state index >= 15 is 0 Å². The van der Waals surface area contributed by atoms with E-state index < -0.39 is 0 Å². The molecular weight excluding hydrogens is 326 g/mol. The second-order valence-electron chi connectivity index (χ2n) is 5.59. The molecular formula is C18H20ClN3S. The van der Waals surface area contributed by atoms with Crippen LogP contribution in [0.1, 0.15) is 17.5 Å². The van der Waals surface area contributed by atoms with Gasteiger partial charge in [-0.1, -0.05) is 29.8 Å². The van der Waals surface area contributed by atoms with Crippen LogP contribution < -0.4 is 0 Å². The Bertz CT molecular complexity index is 695. The molecule has 3 rings (SSSR count). The summed E-state index contributed by atoms with van der Waals surface area (Å²) >= 11 is 8.08. The molecule has 0 aliphatic heterocycles. The van der Waals surface area contributed by atoms with Crippen molar-refractivity contribution in [1.29, 1.82) is 0 Å². The standard InChI is InChI=1S/C18H20ClN3S/c19-18-5-2-1-4-17(18)13-22(12-16-6-11-23-14-16)9-3-8-21-10-7-20-15-21/h1-2,4-7,10-11,14-15H,3,8-9,12-13H2. The lowest BCUT2D eigenvalue weighted by molar-refractivity contribution is 0.249. The van der Waals surface area contributed by atoms with Gasteiger partial charge < -0.3 is 4.57 Å². The Hall–Kier alpha value is -1.62. The van der Waals surface area contributed by atoms with Gasteiger partial charge in [-0.2, -0.15) is 11.3 Å². The predicted octanol–water partition coefficient (Wildman–Crippen LogP) is 4.69. The van der Waals surface area contributed by atoms with Crippen molar-refractivity contribution in [3.8, 4) is 0 Å². The molecule has 1 aromatic carbocycles. The molecule has 0 radical (unpaired) electrons. The molecule has 0 bridgehead atoms. The van der Waals surface area contributed by atoms with Gasteiger partial charge in [-0.15, -0.1) is 0 Å². The van der Waals surface area contributed by atoms with Gasteiger partial charge in [0.25, 0.3) is 0 Å². The minimum atomic E-state index is 0.845. The Morgan fingerprint density at radius 1 is 1.17 bits per heavy atom. The number of aromatic nitrogens is 2. The quantitative estimate of drug-likeness (QED) is 0.590. The molecule has 2 heterocycles. The summed E-state index contributed by atoms with van der Waals surface area (Å²) in [7, 11) is 0. The van der Waals surface area contributed by atoms with Gasteiger partial charge in [-0.3, -0.25) is 4.90 Å². The van der Waals surface area contributed by atoms with Crippen molar-refractivity contribution in [3.05, 3.63) is 76.0 Å². The van der Waals surface area contributed by atoms with Crippen LogP contribution in [0.3, 0.4) is 0 Å². The van der Waals surface area contributed by atoms with E-state index in [4.69, 9.17) is 11.6 Å². The average molecular weight is 346 g/mol. The Morgan fingerprint density at radius 2 is 2.09 bits per heavy atom. The minimum Gasteiger partial charge on any atom is -0.337 e. The zero-order valence-electron chi connectivity index (χ0n) is 12.9. The van der Waals surface area contributed by atoms with Crippen LogP contribution in [0.25, 0.3) is 0 Å². The lowest BCUT2D eigenvalue weighted by atomic mass is 10.2. The number of nitrogens with zero attached hydrogens (tertiary/aromatic N) is 3. The second-order valence-corrected chi connectivity index (χ2v) is 6.77. The molecule has 3 nitrogen and oxygen atoms in total. The van der Waals surface area contributed by atoms with Crippen LogP contribution in [0.15, 0.2) is 59.8 Å². The van der Waals surface area contributed by atoms with Gasteiger partial charge in [-0.05, 0) is 40.4 Å². The fraction of sp³-hybridized carbons (Fsp3) is 0.278. The number of thiophene rings is 1. The summed E-state index contributed by atoms with van der Waals surface area (Å²) in [6.07, 6.45) is 6.80. The van der Waals surface area contributed by atoms with Crippen molar-refractivity contribution in [3.63, 3.8) is 0 Å². The first-order valence-corrected chi connectivity index (χ1v) is 9.06. The number of hydrogen-bond acceptors (Lipinski definition) is 3. The smallest absolute Gasteiger partial charge is 0.0945 e. The molecule has 0 amide bonds. The topological polar surface area (TPSA) is 21.1 Å². The highest BCUT2D eigenvalue weighted by molar-refractivity contribution is 7.07. The molecule has 0 fully saturated rings. The van der Waals surface area contributed by atoms with Crippen molar-refractivity contribution in [1.82, 2.24) is 14.5 Å². The van der Waals surface area contributed by atoms with E-state index in [9.17, 15) is 0 Å². The maximum absolute atomic E-state index is 6.33. The van der Waals surface area contributed by atoms with Gasteiger partial charge in [0.1, 0.15) is 0 Å². The van der Waals surface area contributed by atoms with Crippen LogP contribution in [0, 0.1) is 0 Å². The van der Waals surface area contributed by atoms with Crippen molar-refractivity contribution >= 4 is 22.9 Å². The zero-order chi connectivity index (χ0) is 15.9. The minimum absolute atomic E-state index is 0.845. The second kappa shape index (κ2) is 8.29. The van der Waals surface area contributed by atoms with Crippen LogP contribution in [-0.2, 0) is 19.6 Å². The largest absolute Gasteiger partial charge is 0.337 e. The number of aryl methyl sites for hydroxylation is 1. The summed E-state index contributed by atoms with van der Waals surface area (Å²) in [5, 5.41) is 5.20. The summed E-state index contributed by atoms with van der Waals surface area (Å²) < 4.78 is 2.12. The Kier molecular flexibility index (Phi) is 5.86. The zero-order valence-corrected chi connectivity index (χ0v) is 14.5. The van der Waals surface area contributed by atoms with Crippen molar-refractivity contribution in [2.24, 2.45) is 0 Å². The number of imidazole rings is 1. The molecule has 0 aliphatic rings. The van der Waals surface area contributed by atoms with E-state index in [1.54, 1.807) is 11.3 Å². The molecule has 2 aromatic heterocycles. The van der Waals surface area contributed by atoms with E-state index in [1.807, 2.05) is 30.9 Å². The van der Waals surface area contributed by atoms with Crippen molar-refractivity contribution in [2.75, 3.05) is 6.54 Å². The fourth-order valence-corrected chi connectivity index (χ4v) is 3.47. The van der Waals surface area contributed by atoms with Gasteiger partial charge in [0.05, 0.1) is 6.33 Å². The number of halogens is 1. The Morgan fingerprint density at radius 3 is 2.83 bits per heavy atom. The van der Waals surface area contributed by atoms with E-state index in [-0.39, 0.29) is 0 Å². The first kappa shape index (κ1) is 16.2. The molecule has 0 saturated carbocycles. The maximum atomic E-state index is 6.33. The van der Waals surface area contributed by atoms with E-state index in [2.05, 4.69) is 43.4 Å². The van der Waals surface area contributed by atoms with Crippen LogP contribution in [-0.4, -0.2) is 21.0 Å². The molecule has 120 valence electrons. The summed E-state index contributed by atoms with van der Waals surface area (Å²) in [4.78, 5) is 6.55. The monoisotopic (exact) mass is 345 g/mol. The Labute approximate surface area is 146 Å². The fourth-order valence-electron chi connectivity index (χ4n) is 2.62. The third kappa shape index (κ3) is 4.93. The Balaban J connectivity index is 1.62. The molecule has 0 N–H and O–H groups in total. The van der Waals surface area contributed by atoms with Gasteiger partial charge in [-0.25, -0.2) is 4.98 Å². The third-order valence-electron chi connectivity index (χ3n) is 3.79. The lowest BCUT2D eigenvalue weighted by Gasteiger charge is -2.22. The van der Waals surface area contributed by atoms with Crippen LogP contribution in [0.5, 0.6) is 0 Å². The highest BCUT2D eigenvalue weighted by atomic mass is 35.5. The van der Waals surface area contributed by atoms with E-state index in [0.29, 0.717) is 0 Å². The lowest BCUT2D eigenvalue weighted by Crippen LogP contribution is -2.24. The summed E-state index contributed by atoms with van der Waals surface area (Å²) in [6, 6.07) is 10.3. The molecule has 0 unspecified atom stereocenters. The molecule has 0 spiro atoms. The molecule has 0 aliphatic carbocycles. The highest BCUT2D eigenvalue weighted by Gasteiger charge is 2.09. The van der Waals surface area contributed by atoms with Gasteiger partial charge in [0.2, 0.25) is 0 Å². The van der Waals surface area contributed by atoms with Gasteiger partial charge >= 0.3 is 0 Å². The number of benzene rings is 1. The summed E-state index contributed by atoms with van der Waals surface area (Å²) in [5.41, 5.74) is 2.55. The molecule has 5 heteroatoms. The van der Waals surface area contributed by atoms with Crippen molar-refractivity contribution < 1.29 is 0 Å². The summed E-state index contributed by atoms with van der Waals surface area (Å²) in [6.45, 7) is 3.85. The van der Waals surface area contributed by atoms with Crippen LogP contribution in [0.4, 0.5) is 0 Å². The SMILES string of the molecule is Clc1ccccc1CN(CCCn1ccnc1)Cc1ccsc1. The van der Waals surface area contributed by atoms with E-state index in [0.717, 1.165) is 37.6 Å². The average Bonchev–Trinajstić information content (AvgIpc) is 3.23. The normalized spacial score (nSPS) is 11.2. The third-order valence-corrected chi connectivity index (χ3v) is 4.89. The van der Waals surface area contributed by atoms with Crippen LogP contribution in [0.2, 0.25) is 5.02 Å². The molecule has 0 atom stereocenters. The molecule has 23 heavy (non-hydrogen) atoms. The summed E-state index contributed by atoms with van der Waals surface area (Å²) in [5.74, 6) is 0. The van der Waals surface area contributed by atoms with Crippen LogP contribution >= 0.6 is 22.9 Å². The van der Waals surface area contributed by atoms with Crippen molar-refractivity contribution in [2.45, 2.75) is 26.1 Å². The molecule has 3 aromatic rings. The first-order valence-electron chi connectivity index (χ1n) is 7.74. The van der Waals surface area contributed by atoms with Gasteiger partial charge in [0.15, 0.2) is 0 Å². The highest BCUT2D eigenvalue weighted by Crippen LogP contribution is 2.19. The first-order chi connectivity index (χ1) is 11.3. The van der Waals surface area contributed by atoms with Gasteiger partial charge in [0, 0.05) is 43.6 Å². The number of rotatable bonds is 8. The number of hydrogen-bond donors (Lipinski definition) is 0. The maximum Gasteiger partial charge on any atom is 0.0945 e.